The molecule has 0 saturated heterocycles. The molecule has 0 aliphatic heterocycles. The number of rotatable bonds is 7. The summed E-state index contributed by atoms with van der Waals surface area (Å²) in [5.41, 5.74) is 0. The maximum absolute atomic E-state index is 9.33. The molecule has 0 saturated carbocycles. The van der Waals surface area contributed by atoms with Crippen LogP contribution in [0.5, 0.6) is 0 Å². The van der Waals surface area contributed by atoms with Gasteiger partial charge < -0.3 is 10.2 Å². The molecular formula is C12H26O2. The van der Waals surface area contributed by atoms with E-state index in [2.05, 4.69) is 27.7 Å². The predicted octanol–water partition coefficient (Wildman–Crippen LogP) is 2.30. The molecule has 14 heavy (non-hydrogen) atoms. The zero-order valence-electron chi connectivity index (χ0n) is 10.0. The van der Waals surface area contributed by atoms with E-state index in [0.29, 0.717) is 11.8 Å². The van der Waals surface area contributed by atoms with Crippen LogP contribution in [0.2, 0.25) is 0 Å². The third-order valence-corrected chi connectivity index (χ3v) is 3.20. The summed E-state index contributed by atoms with van der Waals surface area (Å²) < 4.78 is 0. The SMILES string of the molecule is CCC(C)C(CO)C(CO)CC(C)C. The highest BCUT2D eigenvalue weighted by Crippen LogP contribution is 2.27. The van der Waals surface area contributed by atoms with E-state index in [9.17, 15) is 10.2 Å². The lowest BCUT2D eigenvalue weighted by molar-refractivity contribution is 0.0711. The predicted molar refractivity (Wildman–Crippen MR) is 60.1 cm³/mol. The minimum absolute atomic E-state index is 0.201. The number of hydrogen-bond acceptors (Lipinski definition) is 2. The largest absolute Gasteiger partial charge is 0.396 e. The van der Waals surface area contributed by atoms with Crippen LogP contribution in [0.3, 0.4) is 0 Å². The Morgan fingerprint density at radius 1 is 1.00 bits per heavy atom. The molecule has 0 heterocycles. The lowest BCUT2D eigenvalue weighted by Gasteiger charge is -2.29. The van der Waals surface area contributed by atoms with Crippen molar-refractivity contribution in [2.45, 2.75) is 40.5 Å². The summed E-state index contributed by atoms with van der Waals surface area (Å²) in [6, 6.07) is 0. The van der Waals surface area contributed by atoms with E-state index in [1.165, 1.54) is 0 Å². The zero-order valence-corrected chi connectivity index (χ0v) is 10.0. The molecule has 2 N–H and O–H groups in total. The molecule has 2 nitrogen and oxygen atoms in total. The lowest BCUT2D eigenvalue weighted by atomic mass is 9.78. The fourth-order valence-corrected chi connectivity index (χ4v) is 2.09. The van der Waals surface area contributed by atoms with Gasteiger partial charge in [-0.1, -0.05) is 34.1 Å². The molecule has 2 heteroatoms. The topological polar surface area (TPSA) is 40.5 Å². The monoisotopic (exact) mass is 202 g/mol. The van der Waals surface area contributed by atoms with Crippen LogP contribution in [0.15, 0.2) is 0 Å². The summed E-state index contributed by atoms with van der Waals surface area (Å²) in [5.74, 6) is 1.60. The van der Waals surface area contributed by atoms with Crippen molar-refractivity contribution < 1.29 is 10.2 Å². The second-order valence-electron chi connectivity index (χ2n) is 4.80. The zero-order chi connectivity index (χ0) is 11.1. The first-order chi connectivity index (χ1) is 6.56. The third kappa shape index (κ3) is 4.43. The Morgan fingerprint density at radius 2 is 1.57 bits per heavy atom. The first kappa shape index (κ1) is 13.9. The molecule has 3 atom stereocenters. The number of hydrogen-bond donors (Lipinski definition) is 2. The van der Waals surface area contributed by atoms with Gasteiger partial charge in [0, 0.05) is 13.2 Å². The molecule has 0 aliphatic rings. The number of aliphatic hydroxyl groups excluding tert-OH is 2. The van der Waals surface area contributed by atoms with Gasteiger partial charge in [0.15, 0.2) is 0 Å². The van der Waals surface area contributed by atoms with Crippen LogP contribution in [0.25, 0.3) is 0 Å². The van der Waals surface area contributed by atoms with Gasteiger partial charge >= 0.3 is 0 Å². The van der Waals surface area contributed by atoms with E-state index in [0.717, 1.165) is 12.8 Å². The Kier molecular flexibility index (Phi) is 7.20. The second-order valence-corrected chi connectivity index (χ2v) is 4.80. The average Bonchev–Trinajstić information content (AvgIpc) is 2.16. The van der Waals surface area contributed by atoms with E-state index in [1.54, 1.807) is 0 Å². The molecule has 0 aromatic heterocycles. The second kappa shape index (κ2) is 7.24. The minimum Gasteiger partial charge on any atom is -0.396 e. The lowest BCUT2D eigenvalue weighted by Crippen LogP contribution is -2.28. The molecule has 86 valence electrons. The first-order valence-corrected chi connectivity index (χ1v) is 5.78. The molecule has 0 bridgehead atoms. The molecular weight excluding hydrogens is 176 g/mol. The van der Waals surface area contributed by atoms with E-state index >= 15 is 0 Å². The van der Waals surface area contributed by atoms with Crippen LogP contribution in [-0.4, -0.2) is 23.4 Å². The fourth-order valence-electron chi connectivity index (χ4n) is 2.09. The highest BCUT2D eigenvalue weighted by Gasteiger charge is 2.25. The first-order valence-electron chi connectivity index (χ1n) is 5.78. The smallest absolute Gasteiger partial charge is 0.0465 e. The van der Waals surface area contributed by atoms with Crippen molar-refractivity contribution in [2.75, 3.05) is 13.2 Å². The molecule has 0 aliphatic carbocycles. The Morgan fingerprint density at radius 3 is 1.86 bits per heavy atom. The molecule has 0 rings (SSSR count). The van der Waals surface area contributed by atoms with Gasteiger partial charge in [0.05, 0.1) is 0 Å². The van der Waals surface area contributed by atoms with Crippen molar-refractivity contribution in [1.82, 2.24) is 0 Å². The van der Waals surface area contributed by atoms with E-state index < -0.39 is 0 Å². The Labute approximate surface area is 88.3 Å². The van der Waals surface area contributed by atoms with E-state index in [4.69, 9.17) is 0 Å². The van der Waals surface area contributed by atoms with Crippen LogP contribution in [-0.2, 0) is 0 Å². The van der Waals surface area contributed by atoms with Crippen molar-refractivity contribution in [3.63, 3.8) is 0 Å². The quantitative estimate of drug-likeness (QED) is 0.665. The van der Waals surface area contributed by atoms with Crippen LogP contribution >= 0.6 is 0 Å². The van der Waals surface area contributed by atoms with Gasteiger partial charge in [-0.25, -0.2) is 0 Å². The van der Waals surface area contributed by atoms with Crippen LogP contribution in [0.1, 0.15) is 40.5 Å². The van der Waals surface area contributed by atoms with Gasteiger partial charge in [0.1, 0.15) is 0 Å². The van der Waals surface area contributed by atoms with Crippen LogP contribution in [0.4, 0.5) is 0 Å². The van der Waals surface area contributed by atoms with Crippen LogP contribution < -0.4 is 0 Å². The van der Waals surface area contributed by atoms with E-state index in [-0.39, 0.29) is 25.0 Å². The summed E-state index contributed by atoms with van der Waals surface area (Å²) in [4.78, 5) is 0. The highest BCUT2D eigenvalue weighted by molar-refractivity contribution is 4.74. The summed E-state index contributed by atoms with van der Waals surface area (Å²) in [6.45, 7) is 9.02. The Hall–Kier alpha value is -0.0800. The molecule has 0 aromatic rings. The van der Waals surface area contributed by atoms with E-state index in [1.807, 2.05) is 0 Å². The maximum atomic E-state index is 9.33. The van der Waals surface area contributed by atoms with Gasteiger partial charge in [-0.3, -0.25) is 0 Å². The van der Waals surface area contributed by atoms with Crippen molar-refractivity contribution in [3.8, 4) is 0 Å². The molecule has 0 radical (unpaired) electrons. The van der Waals surface area contributed by atoms with Crippen molar-refractivity contribution in [3.05, 3.63) is 0 Å². The fraction of sp³-hybridized carbons (Fsp3) is 1.00. The Balaban J connectivity index is 4.28. The van der Waals surface area contributed by atoms with Crippen molar-refractivity contribution in [2.24, 2.45) is 23.7 Å². The Bertz CT molecular complexity index is 134. The summed E-state index contributed by atoms with van der Waals surface area (Å²) in [5, 5.41) is 18.6. The standard InChI is InChI=1S/C12H26O2/c1-5-10(4)12(8-14)11(7-13)6-9(2)3/h9-14H,5-8H2,1-4H3. The van der Waals surface area contributed by atoms with Gasteiger partial charge in [-0.05, 0) is 30.1 Å². The molecule has 0 spiro atoms. The minimum atomic E-state index is 0.201. The van der Waals surface area contributed by atoms with Crippen LogP contribution in [0, 0.1) is 23.7 Å². The summed E-state index contributed by atoms with van der Waals surface area (Å²) >= 11 is 0. The molecule has 0 aromatic carbocycles. The highest BCUT2D eigenvalue weighted by atomic mass is 16.3. The normalized spacial score (nSPS) is 18.2. The van der Waals surface area contributed by atoms with Gasteiger partial charge in [-0.2, -0.15) is 0 Å². The van der Waals surface area contributed by atoms with Gasteiger partial charge in [0.25, 0.3) is 0 Å². The molecule has 0 fully saturated rings. The summed E-state index contributed by atoms with van der Waals surface area (Å²) in [7, 11) is 0. The van der Waals surface area contributed by atoms with Gasteiger partial charge in [0.2, 0.25) is 0 Å². The van der Waals surface area contributed by atoms with Crippen molar-refractivity contribution >= 4 is 0 Å². The number of aliphatic hydroxyl groups is 2. The van der Waals surface area contributed by atoms with Gasteiger partial charge in [-0.15, -0.1) is 0 Å². The third-order valence-electron chi connectivity index (χ3n) is 3.20. The molecule has 0 amide bonds. The molecule has 3 unspecified atom stereocenters. The average molecular weight is 202 g/mol. The maximum Gasteiger partial charge on any atom is 0.0465 e. The summed E-state index contributed by atoms with van der Waals surface area (Å²) in [6.07, 6.45) is 2.08. The van der Waals surface area contributed by atoms with Crippen molar-refractivity contribution in [1.29, 1.82) is 0 Å².